The van der Waals surface area contributed by atoms with E-state index in [4.69, 9.17) is 4.74 Å². The normalized spacial score (nSPS) is 22.3. The Labute approximate surface area is 155 Å². The maximum Gasteiger partial charge on any atom is 0.253 e. The zero-order chi connectivity index (χ0) is 18.6. The van der Waals surface area contributed by atoms with Gasteiger partial charge in [-0.3, -0.25) is 4.79 Å². The van der Waals surface area contributed by atoms with Crippen molar-refractivity contribution in [3.05, 3.63) is 29.8 Å². The quantitative estimate of drug-likeness (QED) is 0.815. The van der Waals surface area contributed by atoms with Gasteiger partial charge in [0, 0.05) is 51.3 Å². The van der Waals surface area contributed by atoms with E-state index < -0.39 is 10.0 Å². The highest BCUT2D eigenvalue weighted by Crippen LogP contribution is 2.22. The second kappa shape index (κ2) is 8.47. The summed E-state index contributed by atoms with van der Waals surface area (Å²) in [6.45, 7) is 4.39. The Kier molecular flexibility index (Phi) is 6.29. The van der Waals surface area contributed by atoms with Crippen molar-refractivity contribution in [3.63, 3.8) is 0 Å². The van der Waals surface area contributed by atoms with Gasteiger partial charge in [0.05, 0.1) is 11.5 Å². The minimum atomic E-state index is -3.58. The molecule has 0 aromatic heterocycles. The minimum Gasteiger partial charge on any atom is -0.384 e. The van der Waals surface area contributed by atoms with Crippen LogP contribution in [-0.4, -0.2) is 76.5 Å². The van der Waals surface area contributed by atoms with E-state index >= 15 is 0 Å². The fourth-order valence-corrected chi connectivity index (χ4v) is 5.10. The van der Waals surface area contributed by atoms with Gasteiger partial charge in [0.2, 0.25) is 10.0 Å². The number of sulfonamides is 1. The second-order valence-corrected chi connectivity index (χ2v) is 8.83. The van der Waals surface area contributed by atoms with Crippen molar-refractivity contribution in [2.24, 2.45) is 5.92 Å². The largest absolute Gasteiger partial charge is 0.384 e. The van der Waals surface area contributed by atoms with E-state index in [0.29, 0.717) is 50.8 Å². The maximum atomic E-state index is 12.9. The van der Waals surface area contributed by atoms with Gasteiger partial charge >= 0.3 is 0 Å². The Hall–Kier alpha value is -1.48. The number of amides is 1. The van der Waals surface area contributed by atoms with Crippen molar-refractivity contribution in [3.8, 4) is 0 Å². The summed E-state index contributed by atoms with van der Waals surface area (Å²) in [5.74, 6) is 0.235. The molecule has 8 heteroatoms. The van der Waals surface area contributed by atoms with E-state index in [2.05, 4.69) is 5.32 Å². The summed E-state index contributed by atoms with van der Waals surface area (Å²) in [6, 6.07) is 6.43. The molecule has 1 amide bonds. The van der Waals surface area contributed by atoms with Crippen LogP contribution < -0.4 is 5.32 Å². The van der Waals surface area contributed by atoms with Gasteiger partial charge < -0.3 is 15.0 Å². The Bertz CT molecular complexity index is 730. The topological polar surface area (TPSA) is 79.0 Å². The van der Waals surface area contributed by atoms with Crippen LogP contribution in [-0.2, 0) is 14.8 Å². The highest BCUT2D eigenvalue weighted by atomic mass is 32.2. The number of carbonyl (C=O) groups is 1. The first-order valence-corrected chi connectivity index (χ1v) is 10.6. The van der Waals surface area contributed by atoms with Crippen LogP contribution in [0.3, 0.4) is 0 Å². The van der Waals surface area contributed by atoms with Crippen LogP contribution in [0.4, 0.5) is 0 Å². The number of nitrogens with one attached hydrogen (secondary N) is 1. The van der Waals surface area contributed by atoms with Crippen molar-refractivity contribution in [2.75, 3.05) is 53.0 Å². The van der Waals surface area contributed by atoms with Gasteiger partial charge in [-0.1, -0.05) is 6.07 Å². The number of benzene rings is 1. The molecule has 2 saturated heterocycles. The number of methoxy groups -OCH3 is 1. The fraction of sp³-hybridized carbons (Fsp3) is 0.611. The average Bonchev–Trinajstić information content (AvgIpc) is 2.93. The Morgan fingerprint density at radius 2 is 2.12 bits per heavy atom. The van der Waals surface area contributed by atoms with Crippen molar-refractivity contribution in [1.82, 2.24) is 14.5 Å². The number of carbonyl (C=O) groups excluding carboxylic acids is 1. The van der Waals surface area contributed by atoms with Gasteiger partial charge in [0.15, 0.2) is 0 Å². The summed E-state index contributed by atoms with van der Waals surface area (Å²) in [6.07, 6.45) is 1.70. The predicted molar refractivity (Wildman–Crippen MR) is 98.6 cm³/mol. The summed E-state index contributed by atoms with van der Waals surface area (Å²) >= 11 is 0. The van der Waals surface area contributed by atoms with E-state index in [-0.39, 0.29) is 10.8 Å². The summed E-state index contributed by atoms with van der Waals surface area (Å²) in [4.78, 5) is 14.7. The van der Waals surface area contributed by atoms with E-state index in [1.54, 1.807) is 30.2 Å². The molecule has 0 radical (unpaired) electrons. The number of rotatable bonds is 5. The molecule has 1 atom stereocenters. The van der Waals surface area contributed by atoms with Gasteiger partial charge in [0.25, 0.3) is 5.91 Å². The fourth-order valence-electron chi connectivity index (χ4n) is 3.57. The molecule has 1 N–H and O–H groups in total. The second-order valence-electron chi connectivity index (χ2n) is 6.90. The molecular weight excluding hydrogens is 354 g/mol. The van der Waals surface area contributed by atoms with Crippen LogP contribution in [0.2, 0.25) is 0 Å². The first kappa shape index (κ1) is 19.3. The molecule has 1 unspecified atom stereocenters. The van der Waals surface area contributed by atoms with Gasteiger partial charge in [-0.05, 0) is 37.6 Å². The van der Waals surface area contributed by atoms with Crippen molar-refractivity contribution >= 4 is 15.9 Å². The molecule has 7 nitrogen and oxygen atoms in total. The third kappa shape index (κ3) is 4.25. The molecule has 144 valence electrons. The van der Waals surface area contributed by atoms with Gasteiger partial charge in [-0.2, -0.15) is 4.31 Å². The van der Waals surface area contributed by atoms with Crippen LogP contribution in [0.1, 0.15) is 23.2 Å². The number of hydrogen-bond donors (Lipinski definition) is 1. The molecule has 1 aromatic rings. The monoisotopic (exact) mass is 381 g/mol. The highest BCUT2D eigenvalue weighted by molar-refractivity contribution is 7.89. The molecule has 0 aliphatic carbocycles. The zero-order valence-corrected chi connectivity index (χ0v) is 16.0. The Morgan fingerprint density at radius 3 is 2.92 bits per heavy atom. The lowest BCUT2D eigenvalue weighted by atomic mass is 10.1. The van der Waals surface area contributed by atoms with Crippen LogP contribution in [0.25, 0.3) is 0 Å². The summed E-state index contributed by atoms with van der Waals surface area (Å²) in [7, 11) is -1.92. The summed E-state index contributed by atoms with van der Waals surface area (Å²) in [5.41, 5.74) is 0.428. The molecule has 2 fully saturated rings. The van der Waals surface area contributed by atoms with Crippen molar-refractivity contribution in [2.45, 2.75) is 17.7 Å². The summed E-state index contributed by atoms with van der Waals surface area (Å²) < 4.78 is 32.5. The lowest BCUT2D eigenvalue weighted by Gasteiger charge is -2.21. The van der Waals surface area contributed by atoms with Crippen LogP contribution in [0.5, 0.6) is 0 Å². The Balaban J connectivity index is 1.76. The molecule has 26 heavy (non-hydrogen) atoms. The molecule has 2 heterocycles. The summed E-state index contributed by atoms with van der Waals surface area (Å²) in [5, 5.41) is 3.20. The highest BCUT2D eigenvalue weighted by Gasteiger charge is 2.29. The van der Waals surface area contributed by atoms with E-state index in [9.17, 15) is 13.2 Å². The average molecular weight is 381 g/mol. The molecule has 3 rings (SSSR count). The predicted octanol–water partition coefficient (Wildman–Crippen LogP) is 0.779. The number of ether oxygens (including phenoxy) is 1. The van der Waals surface area contributed by atoms with Crippen LogP contribution in [0.15, 0.2) is 29.2 Å². The first-order valence-electron chi connectivity index (χ1n) is 9.11. The van der Waals surface area contributed by atoms with Gasteiger partial charge in [-0.25, -0.2) is 8.42 Å². The smallest absolute Gasteiger partial charge is 0.253 e. The van der Waals surface area contributed by atoms with Crippen LogP contribution in [0, 0.1) is 5.92 Å². The molecule has 0 saturated carbocycles. The number of likely N-dealkylation sites (tertiary alicyclic amines) is 1. The molecule has 2 aliphatic heterocycles. The molecular formula is C18H27N3O4S. The maximum absolute atomic E-state index is 12.9. The number of nitrogens with zero attached hydrogens (tertiary/aromatic N) is 2. The Morgan fingerprint density at radius 1 is 1.27 bits per heavy atom. The third-order valence-electron chi connectivity index (χ3n) is 4.99. The van der Waals surface area contributed by atoms with Crippen LogP contribution >= 0.6 is 0 Å². The molecule has 0 spiro atoms. The molecule has 1 aromatic carbocycles. The zero-order valence-electron chi connectivity index (χ0n) is 15.2. The van der Waals surface area contributed by atoms with E-state index in [1.165, 1.54) is 10.4 Å². The lowest BCUT2D eigenvalue weighted by molar-refractivity contribution is 0.0775. The molecule has 0 bridgehead atoms. The van der Waals surface area contributed by atoms with Gasteiger partial charge in [-0.15, -0.1) is 0 Å². The third-order valence-corrected chi connectivity index (χ3v) is 6.89. The SMILES string of the molecule is COCC1CCN(C(=O)c2cccc(S(=O)(=O)N3CCCNCC3)c2)C1. The van der Waals surface area contributed by atoms with E-state index in [0.717, 1.165) is 19.4 Å². The minimum absolute atomic E-state index is 0.113. The van der Waals surface area contributed by atoms with Crippen molar-refractivity contribution in [1.29, 1.82) is 0 Å². The lowest BCUT2D eigenvalue weighted by Crippen LogP contribution is -2.34. The van der Waals surface area contributed by atoms with E-state index in [1.807, 2.05) is 0 Å². The molecule has 2 aliphatic rings. The standard InChI is InChI=1S/C18H27N3O4S/c1-25-14-15-6-10-20(13-15)18(22)16-4-2-5-17(12-16)26(23,24)21-9-3-7-19-8-11-21/h2,4-5,12,15,19H,3,6-11,13-14H2,1H3. The van der Waals surface area contributed by atoms with Gasteiger partial charge in [0.1, 0.15) is 0 Å². The number of hydrogen-bond acceptors (Lipinski definition) is 5. The van der Waals surface area contributed by atoms with Crippen molar-refractivity contribution < 1.29 is 17.9 Å². The first-order chi connectivity index (χ1) is 12.5.